The standard InChI is InChI=1S/C24H32N4O/c1-16(17-14-18(22(2,3)4)26-19(15-17)23(5,6)7)28-24(11-12-24)21(29)27-20-10-8-9-13-25-20/h8-10,13-15,28H,1,11-12H2,2-7H3,(H,25,27,29). The molecule has 1 aliphatic rings. The maximum absolute atomic E-state index is 12.8. The number of hydrogen-bond donors (Lipinski definition) is 2. The Balaban J connectivity index is 1.84. The SMILES string of the molecule is C=C(NC1(C(=O)Nc2ccccn2)CC1)c1cc(C(C)(C)C)nc(C(C)(C)C)c1. The van der Waals surface area contributed by atoms with Crippen LogP contribution in [0.1, 0.15) is 71.3 Å². The monoisotopic (exact) mass is 392 g/mol. The predicted molar refractivity (Wildman–Crippen MR) is 119 cm³/mol. The first-order valence-corrected chi connectivity index (χ1v) is 10.1. The van der Waals surface area contributed by atoms with Crippen LogP contribution in [0.25, 0.3) is 5.70 Å². The maximum atomic E-state index is 12.8. The number of amides is 1. The predicted octanol–water partition coefficient (Wildman–Crippen LogP) is 4.80. The summed E-state index contributed by atoms with van der Waals surface area (Å²) in [6.07, 6.45) is 3.21. The van der Waals surface area contributed by atoms with Gasteiger partial charge in [0, 0.05) is 39.7 Å². The first kappa shape index (κ1) is 21.0. The van der Waals surface area contributed by atoms with Crippen molar-refractivity contribution in [3.05, 3.63) is 60.1 Å². The van der Waals surface area contributed by atoms with E-state index in [0.29, 0.717) is 5.82 Å². The van der Waals surface area contributed by atoms with Gasteiger partial charge in [-0.15, -0.1) is 0 Å². The lowest BCUT2D eigenvalue weighted by Crippen LogP contribution is -2.42. The van der Waals surface area contributed by atoms with Crippen molar-refractivity contribution < 1.29 is 4.79 Å². The van der Waals surface area contributed by atoms with E-state index in [1.807, 2.05) is 12.1 Å². The molecule has 0 aliphatic heterocycles. The van der Waals surface area contributed by atoms with E-state index in [-0.39, 0.29) is 16.7 Å². The summed E-state index contributed by atoms with van der Waals surface area (Å²) in [5.74, 6) is 0.489. The summed E-state index contributed by atoms with van der Waals surface area (Å²) in [6, 6.07) is 9.63. The van der Waals surface area contributed by atoms with Gasteiger partial charge >= 0.3 is 0 Å². The molecule has 0 spiro atoms. The van der Waals surface area contributed by atoms with Crippen molar-refractivity contribution in [2.75, 3.05) is 5.32 Å². The van der Waals surface area contributed by atoms with Crippen molar-refractivity contribution in [1.29, 1.82) is 0 Å². The van der Waals surface area contributed by atoms with Crippen LogP contribution in [0.15, 0.2) is 43.1 Å². The molecule has 5 nitrogen and oxygen atoms in total. The van der Waals surface area contributed by atoms with E-state index in [4.69, 9.17) is 4.98 Å². The minimum Gasteiger partial charge on any atom is -0.371 e. The zero-order valence-corrected chi connectivity index (χ0v) is 18.4. The van der Waals surface area contributed by atoms with Gasteiger partial charge in [-0.2, -0.15) is 0 Å². The minimum atomic E-state index is -0.623. The molecule has 0 radical (unpaired) electrons. The van der Waals surface area contributed by atoms with E-state index in [0.717, 1.165) is 35.5 Å². The Morgan fingerprint density at radius 3 is 2.07 bits per heavy atom. The lowest BCUT2D eigenvalue weighted by atomic mass is 9.86. The third kappa shape index (κ3) is 4.84. The number of carbonyl (C=O) groups excluding carboxylic acids is 1. The molecule has 3 rings (SSSR count). The minimum absolute atomic E-state index is 0.0708. The van der Waals surface area contributed by atoms with Crippen LogP contribution < -0.4 is 10.6 Å². The lowest BCUT2D eigenvalue weighted by molar-refractivity contribution is -0.118. The largest absolute Gasteiger partial charge is 0.371 e. The third-order valence-corrected chi connectivity index (χ3v) is 5.19. The molecule has 0 saturated heterocycles. The van der Waals surface area contributed by atoms with Crippen LogP contribution in [-0.4, -0.2) is 21.4 Å². The molecule has 1 amide bonds. The number of pyridine rings is 2. The number of nitrogens with one attached hydrogen (secondary N) is 2. The van der Waals surface area contributed by atoms with Crippen LogP contribution in [0, 0.1) is 0 Å². The molecule has 1 saturated carbocycles. The molecule has 0 unspecified atom stereocenters. The van der Waals surface area contributed by atoms with Gasteiger partial charge in [-0.05, 0) is 37.1 Å². The van der Waals surface area contributed by atoms with Crippen LogP contribution in [-0.2, 0) is 15.6 Å². The van der Waals surface area contributed by atoms with Gasteiger partial charge in [-0.3, -0.25) is 9.78 Å². The molecule has 0 aromatic carbocycles. The highest BCUT2D eigenvalue weighted by molar-refractivity contribution is 6.00. The average Bonchev–Trinajstić information content (AvgIpc) is 3.41. The van der Waals surface area contributed by atoms with Crippen molar-refractivity contribution in [3.8, 4) is 0 Å². The van der Waals surface area contributed by atoms with Crippen LogP contribution in [0.5, 0.6) is 0 Å². The maximum Gasteiger partial charge on any atom is 0.251 e. The molecule has 1 fully saturated rings. The molecule has 29 heavy (non-hydrogen) atoms. The Labute approximate surface area is 174 Å². The first-order valence-electron chi connectivity index (χ1n) is 10.1. The van der Waals surface area contributed by atoms with Gasteiger partial charge in [-0.25, -0.2) is 4.98 Å². The van der Waals surface area contributed by atoms with Gasteiger partial charge in [-0.1, -0.05) is 54.2 Å². The molecule has 2 heterocycles. The van der Waals surface area contributed by atoms with Gasteiger partial charge in [0.2, 0.25) is 0 Å². The summed E-state index contributed by atoms with van der Waals surface area (Å²) >= 11 is 0. The quantitative estimate of drug-likeness (QED) is 0.767. The molecule has 2 N–H and O–H groups in total. The number of carbonyl (C=O) groups is 1. The average molecular weight is 393 g/mol. The van der Waals surface area contributed by atoms with Crippen LogP contribution in [0.4, 0.5) is 5.82 Å². The second-order valence-corrected chi connectivity index (χ2v) is 9.98. The van der Waals surface area contributed by atoms with Crippen molar-refractivity contribution in [2.24, 2.45) is 0 Å². The number of rotatable bonds is 5. The number of nitrogens with zero attached hydrogens (tertiary/aromatic N) is 2. The summed E-state index contributed by atoms with van der Waals surface area (Å²) < 4.78 is 0. The van der Waals surface area contributed by atoms with Gasteiger partial charge in [0.25, 0.3) is 5.91 Å². The van der Waals surface area contributed by atoms with Gasteiger partial charge < -0.3 is 10.6 Å². The normalized spacial score (nSPS) is 15.5. The molecule has 2 aromatic rings. The lowest BCUT2D eigenvalue weighted by Gasteiger charge is -2.26. The third-order valence-electron chi connectivity index (χ3n) is 5.19. The highest BCUT2D eigenvalue weighted by atomic mass is 16.2. The fourth-order valence-electron chi connectivity index (χ4n) is 3.04. The summed E-state index contributed by atoms with van der Waals surface area (Å²) in [5, 5.41) is 6.31. The summed E-state index contributed by atoms with van der Waals surface area (Å²) in [6.45, 7) is 17.2. The fourth-order valence-corrected chi connectivity index (χ4v) is 3.04. The van der Waals surface area contributed by atoms with Crippen molar-refractivity contribution in [1.82, 2.24) is 15.3 Å². The van der Waals surface area contributed by atoms with Crippen LogP contribution in [0.3, 0.4) is 0 Å². The molecule has 0 atom stereocenters. The molecule has 0 bridgehead atoms. The molecular formula is C24H32N4O. The summed E-state index contributed by atoms with van der Waals surface area (Å²) in [5.41, 5.74) is 2.98. The molecule has 154 valence electrons. The van der Waals surface area contributed by atoms with Crippen LogP contribution >= 0.6 is 0 Å². The van der Waals surface area contributed by atoms with Gasteiger partial charge in [0.15, 0.2) is 0 Å². The number of hydrogen-bond acceptors (Lipinski definition) is 4. The molecule has 5 heteroatoms. The smallest absolute Gasteiger partial charge is 0.251 e. The zero-order chi connectivity index (χ0) is 21.4. The molecule has 2 aromatic heterocycles. The Morgan fingerprint density at radius 1 is 1.03 bits per heavy atom. The number of aromatic nitrogens is 2. The van der Waals surface area contributed by atoms with E-state index in [1.54, 1.807) is 12.3 Å². The van der Waals surface area contributed by atoms with E-state index in [9.17, 15) is 4.79 Å². The highest BCUT2D eigenvalue weighted by Gasteiger charge is 2.50. The fraction of sp³-hybridized carbons (Fsp3) is 0.458. The van der Waals surface area contributed by atoms with Gasteiger partial charge in [0.1, 0.15) is 11.4 Å². The second-order valence-electron chi connectivity index (χ2n) is 9.98. The Hall–Kier alpha value is -2.69. The second kappa shape index (κ2) is 7.29. The number of anilines is 1. The summed E-state index contributed by atoms with van der Waals surface area (Å²) in [4.78, 5) is 21.9. The Kier molecular flexibility index (Phi) is 5.28. The van der Waals surface area contributed by atoms with Crippen LogP contribution in [0.2, 0.25) is 0 Å². The zero-order valence-electron chi connectivity index (χ0n) is 18.4. The molecule has 1 aliphatic carbocycles. The van der Waals surface area contributed by atoms with E-state index in [2.05, 4.69) is 75.9 Å². The van der Waals surface area contributed by atoms with Crippen molar-refractivity contribution in [2.45, 2.75) is 70.8 Å². The van der Waals surface area contributed by atoms with E-state index >= 15 is 0 Å². The Bertz CT molecular complexity index is 884. The van der Waals surface area contributed by atoms with Crippen molar-refractivity contribution >= 4 is 17.4 Å². The van der Waals surface area contributed by atoms with Gasteiger partial charge in [0.05, 0.1) is 0 Å². The highest BCUT2D eigenvalue weighted by Crippen LogP contribution is 2.39. The summed E-state index contributed by atoms with van der Waals surface area (Å²) in [7, 11) is 0. The topological polar surface area (TPSA) is 66.9 Å². The van der Waals surface area contributed by atoms with E-state index in [1.165, 1.54) is 0 Å². The van der Waals surface area contributed by atoms with E-state index < -0.39 is 5.54 Å². The first-order chi connectivity index (χ1) is 13.4. The van der Waals surface area contributed by atoms with Crippen molar-refractivity contribution in [3.63, 3.8) is 0 Å². The Morgan fingerprint density at radius 2 is 1.62 bits per heavy atom. The molecular weight excluding hydrogens is 360 g/mol.